The highest BCUT2D eigenvalue weighted by atomic mass is 32.2. The van der Waals surface area contributed by atoms with E-state index in [1.165, 1.54) is 42.1 Å². The van der Waals surface area contributed by atoms with Gasteiger partial charge in [-0.25, -0.2) is 18.0 Å². The van der Waals surface area contributed by atoms with Gasteiger partial charge in [-0.1, -0.05) is 30.3 Å². The third-order valence-electron chi connectivity index (χ3n) is 5.41. The molecule has 2 aromatic rings. The molecule has 11 heteroatoms. The SMILES string of the molecule is COC(=O)c1ccc(C(=O)OC)c(NC(=O)CN2CCN(S(=O)(=O)/C=C/c3ccccc3)CC2)c1. The van der Waals surface area contributed by atoms with Crippen molar-refractivity contribution < 1.29 is 32.3 Å². The van der Waals surface area contributed by atoms with Crippen LogP contribution in [0.5, 0.6) is 0 Å². The summed E-state index contributed by atoms with van der Waals surface area (Å²) >= 11 is 0. The number of rotatable bonds is 8. The maximum absolute atomic E-state index is 12.7. The van der Waals surface area contributed by atoms with Gasteiger partial charge in [0.05, 0.1) is 37.6 Å². The Hall–Kier alpha value is -3.54. The van der Waals surface area contributed by atoms with Gasteiger partial charge in [0, 0.05) is 31.6 Å². The van der Waals surface area contributed by atoms with Crippen molar-refractivity contribution in [3.05, 3.63) is 70.6 Å². The molecule has 1 aliphatic rings. The molecule has 1 heterocycles. The van der Waals surface area contributed by atoms with Crippen LogP contribution < -0.4 is 5.32 Å². The fourth-order valence-electron chi connectivity index (χ4n) is 3.53. The van der Waals surface area contributed by atoms with E-state index in [1.807, 2.05) is 35.2 Å². The molecular weight excluding hydrogens is 474 g/mol. The van der Waals surface area contributed by atoms with E-state index in [0.29, 0.717) is 13.1 Å². The van der Waals surface area contributed by atoms with Gasteiger partial charge in [0.25, 0.3) is 0 Å². The zero-order valence-electron chi connectivity index (χ0n) is 19.5. The fourth-order valence-corrected chi connectivity index (χ4v) is 4.70. The van der Waals surface area contributed by atoms with Crippen LogP contribution in [0.3, 0.4) is 0 Å². The second-order valence-corrected chi connectivity index (χ2v) is 9.54. The molecule has 1 saturated heterocycles. The lowest BCUT2D eigenvalue weighted by Crippen LogP contribution is -2.49. The lowest BCUT2D eigenvalue weighted by molar-refractivity contribution is -0.117. The summed E-state index contributed by atoms with van der Waals surface area (Å²) in [6.07, 6.45) is 1.55. The number of esters is 2. The molecule has 35 heavy (non-hydrogen) atoms. The van der Waals surface area contributed by atoms with Crippen molar-refractivity contribution in [2.75, 3.05) is 52.3 Å². The van der Waals surface area contributed by atoms with Gasteiger partial charge in [-0.15, -0.1) is 0 Å². The Morgan fingerprint density at radius 3 is 2.23 bits per heavy atom. The highest BCUT2D eigenvalue weighted by Gasteiger charge is 2.26. The summed E-state index contributed by atoms with van der Waals surface area (Å²) in [5, 5.41) is 3.83. The van der Waals surface area contributed by atoms with E-state index >= 15 is 0 Å². The van der Waals surface area contributed by atoms with Crippen molar-refractivity contribution in [3.8, 4) is 0 Å². The van der Waals surface area contributed by atoms with Crippen LogP contribution in [0.25, 0.3) is 6.08 Å². The number of methoxy groups -OCH3 is 2. The zero-order valence-corrected chi connectivity index (χ0v) is 20.3. The minimum absolute atomic E-state index is 0.0171. The lowest BCUT2D eigenvalue weighted by atomic mass is 10.1. The van der Waals surface area contributed by atoms with Crippen LogP contribution in [-0.4, -0.2) is 82.4 Å². The minimum atomic E-state index is -3.59. The van der Waals surface area contributed by atoms with Gasteiger partial charge in [-0.2, -0.15) is 4.31 Å². The van der Waals surface area contributed by atoms with Crippen LogP contribution in [0.4, 0.5) is 5.69 Å². The smallest absolute Gasteiger partial charge is 0.339 e. The van der Waals surface area contributed by atoms with Gasteiger partial charge in [0.1, 0.15) is 0 Å². The predicted molar refractivity (Wildman–Crippen MR) is 130 cm³/mol. The Balaban J connectivity index is 1.60. The molecule has 0 unspecified atom stereocenters. The number of benzene rings is 2. The van der Waals surface area contributed by atoms with Crippen LogP contribution >= 0.6 is 0 Å². The van der Waals surface area contributed by atoms with Gasteiger partial charge < -0.3 is 14.8 Å². The summed E-state index contributed by atoms with van der Waals surface area (Å²) in [6, 6.07) is 13.3. The summed E-state index contributed by atoms with van der Waals surface area (Å²) < 4.78 is 36.1. The number of hydrogen-bond acceptors (Lipinski definition) is 8. The Bertz CT molecular complexity index is 1200. The lowest BCUT2D eigenvalue weighted by Gasteiger charge is -2.32. The van der Waals surface area contributed by atoms with Crippen LogP contribution in [0.1, 0.15) is 26.3 Å². The average molecular weight is 502 g/mol. The van der Waals surface area contributed by atoms with Crippen molar-refractivity contribution >= 4 is 39.6 Å². The van der Waals surface area contributed by atoms with Crippen LogP contribution in [0, 0.1) is 0 Å². The highest BCUT2D eigenvalue weighted by molar-refractivity contribution is 7.92. The van der Waals surface area contributed by atoms with E-state index in [9.17, 15) is 22.8 Å². The van der Waals surface area contributed by atoms with E-state index in [1.54, 1.807) is 6.08 Å². The van der Waals surface area contributed by atoms with Crippen LogP contribution in [0.2, 0.25) is 0 Å². The first-order chi connectivity index (χ1) is 16.7. The van der Waals surface area contributed by atoms with Crippen LogP contribution in [0.15, 0.2) is 53.9 Å². The number of sulfonamides is 1. The standard InChI is InChI=1S/C24H27N3O7S/c1-33-23(29)19-8-9-20(24(30)34-2)21(16-19)25-22(28)17-26-11-13-27(14-12-26)35(31,32)15-10-18-6-4-3-5-7-18/h3-10,15-16H,11-14,17H2,1-2H3,(H,25,28)/b15-10+. The van der Waals surface area contributed by atoms with E-state index in [4.69, 9.17) is 4.74 Å². The summed E-state index contributed by atoms with van der Waals surface area (Å²) in [7, 11) is -1.14. The number of hydrogen-bond donors (Lipinski definition) is 1. The Labute approximate surface area is 204 Å². The molecule has 1 N–H and O–H groups in total. The number of piperazine rings is 1. The predicted octanol–water partition coefficient (Wildman–Crippen LogP) is 1.82. The molecule has 3 rings (SSSR count). The third-order valence-corrected chi connectivity index (χ3v) is 6.98. The normalized spacial score (nSPS) is 15.0. The average Bonchev–Trinajstić information content (AvgIpc) is 2.87. The Kier molecular flexibility index (Phi) is 8.74. The van der Waals surface area contributed by atoms with E-state index in [-0.39, 0.29) is 36.4 Å². The number of amides is 1. The quantitative estimate of drug-likeness (QED) is 0.544. The molecule has 10 nitrogen and oxygen atoms in total. The van der Waals surface area contributed by atoms with Gasteiger partial charge >= 0.3 is 11.9 Å². The van der Waals surface area contributed by atoms with E-state index in [0.717, 1.165) is 5.56 Å². The maximum atomic E-state index is 12.7. The van der Waals surface area contributed by atoms with Gasteiger partial charge in [-0.3, -0.25) is 9.69 Å². The number of carbonyl (C=O) groups is 3. The molecule has 0 atom stereocenters. The van der Waals surface area contributed by atoms with Crippen molar-refractivity contribution in [1.82, 2.24) is 9.21 Å². The minimum Gasteiger partial charge on any atom is -0.465 e. The van der Waals surface area contributed by atoms with Crippen LogP contribution in [-0.2, 0) is 24.3 Å². The molecular formula is C24H27N3O7S. The van der Waals surface area contributed by atoms with Crippen molar-refractivity contribution in [2.24, 2.45) is 0 Å². The maximum Gasteiger partial charge on any atom is 0.339 e. The van der Waals surface area contributed by atoms with Gasteiger partial charge in [0.15, 0.2) is 0 Å². The van der Waals surface area contributed by atoms with E-state index in [2.05, 4.69) is 10.1 Å². The first kappa shape index (κ1) is 26.1. The largest absolute Gasteiger partial charge is 0.465 e. The molecule has 0 spiro atoms. The van der Waals surface area contributed by atoms with Crippen molar-refractivity contribution in [1.29, 1.82) is 0 Å². The molecule has 1 fully saturated rings. The first-order valence-electron chi connectivity index (χ1n) is 10.8. The Morgan fingerprint density at radius 1 is 0.943 bits per heavy atom. The first-order valence-corrected chi connectivity index (χ1v) is 12.3. The summed E-state index contributed by atoms with van der Waals surface area (Å²) in [5.41, 5.74) is 1.17. The van der Waals surface area contributed by atoms with Crippen molar-refractivity contribution in [3.63, 3.8) is 0 Å². The molecule has 1 amide bonds. The number of ether oxygens (including phenoxy) is 2. The molecule has 186 valence electrons. The topological polar surface area (TPSA) is 122 Å². The second kappa shape index (κ2) is 11.7. The molecule has 0 radical (unpaired) electrons. The molecule has 0 saturated carbocycles. The summed E-state index contributed by atoms with van der Waals surface area (Å²) in [6.45, 7) is 1.17. The summed E-state index contributed by atoms with van der Waals surface area (Å²) in [5.74, 6) is -1.70. The third kappa shape index (κ3) is 6.98. The number of anilines is 1. The molecule has 0 aliphatic carbocycles. The monoisotopic (exact) mass is 501 g/mol. The summed E-state index contributed by atoms with van der Waals surface area (Å²) in [4.78, 5) is 38.4. The Morgan fingerprint density at radius 2 is 1.60 bits per heavy atom. The van der Waals surface area contributed by atoms with E-state index < -0.39 is 27.9 Å². The fraction of sp³-hybridized carbons (Fsp3) is 0.292. The van der Waals surface area contributed by atoms with Crippen molar-refractivity contribution in [2.45, 2.75) is 0 Å². The number of nitrogens with zero attached hydrogens (tertiary/aromatic N) is 2. The highest BCUT2D eigenvalue weighted by Crippen LogP contribution is 2.20. The number of nitrogens with one attached hydrogen (secondary N) is 1. The zero-order chi connectivity index (χ0) is 25.4. The van der Waals surface area contributed by atoms with Gasteiger partial charge in [0.2, 0.25) is 15.9 Å². The van der Waals surface area contributed by atoms with Gasteiger partial charge in [-0.05, 0) is 29.8 Å². The number of carbonyl (C=O) groups excluding carboxylic acids is 3. The second-order valence-electron chi connectivity index (χ2n) is 7.73. The molecule has 0 bridgehead atoms. The molecule has 1 aliphatic heterocycles. The molecule has 0 aromatic heterocycles. The molecule has 2 aromatic carbocycles.